The van der Waals surface area contributed by atoms with Gasteiger partial charge in [0, 0.05) is 10.7 Å². The molecule has 0 N–H and O–H groups in total. The predicted octanol–water partition coefficient (Wildman–Crippen LogP) is 8.67. The van der Waals surface area contributed by atoms with Crippen LogP contribution in [-0.4, -0.2) is 10.7 Å². The Balaban J connectivity index is 1.51. The molecule has 0 radical (unpaired) electrons. The van der Waals surface area contributed by atoms with Gasteiger partial charge in [-0.25, -0.2) is 0 Å². The Bertz CT molecular complexity index is 892. The average Bonchev–Trinajstić information content (AvgIpc) is 2.77. The summed E-state index contributed by atoms with van der Waals surface area (Å²) in [5, 5.41) is 2.10. The first-order valence-electron chi connectivity index (χ1n) is 12.1. The number of hydrogen-bond donors (Lipinski definition) is 0. The standard InChI is InChI=1S/C28H36Br2O3/c1-27(2,11-5-13-29)17-19-7-9-23-21(15-19)25-32-24-10-8-20(16-22(24)26(31-23)33-25)18-28(3,4)12-6-14-30/h7-10,15-16,25-26H,5-6,11-14,17-18H2,1-4H3. The van der Waals surface area contributed by atoms with Crippen LogP contribution in [0.2, 0.25) is 0 Å². The molecule has 3 nitrogen and oxygen atoms in total. The first-order valence-corrected chi connectivity index (χ1v) is 14.3. The Hall–Kier alpha value is -1.04. The highest BCUT2D eigenvalue weighted by molar-refractivity contribution is 9.09. The van der Waals surface area contributed by atoms with Crippen molar-refractivity contribution in [1.29, 1.82) is 0 Å². The summed E-state index contributed by atoms with van der Waals surface area (Å²) in [5.41, 5.74) is 5.08. The van der Waals surface area contributed by atoms with E-state index in [1.807, 2.05) is 0 Å². The molecule has 2 aliphatic heterocycles. The second-order valence-electron chi connectivity index (χ2n) is 11.0. The second kappa shape index (κ2) is 10.3. The van der Waals surface area contributed by atoms with E-state index in [4.69, 9.17) is 14.2 Å². The molecule has 0 fully saturated rings. The first-order chi connectivity index (χ1) is 15.7. The van der Waals surface area contributed by atoms with Crippen LogP contribution in [0, 0.1) is 10.8 Å². The minimum Gasteiger partial charge on any atom is -0.460 e. The van der Waals surface area contributed by atoms with Gasteiger partial charge in [-0.05, 0) is 84.7 Å². The van der Waals surface area contributed by atoms with E-state index in [1.165, 1.54) is 36.8 Å². The lowest BCUT2D eigenvalue weighted by Gasteiger charge is -2.38. The maximum absolute atomic E-state index is 6.31. The van der Waals surface area contributed by atoms with Gasteiger partial charge in [-0.2, -0.15) is 0 Å². The summed E-state index contributed by atoms with van der Waals surface area (Å²) in [6.07, 6.45) is 5.95. The third-order valence-corrected chi connectivity index (χ3v) is 7.83. The number of halogens is 2. The summed E-state index contributed by atoms with van der Waals surface area (Å²) in [6, 6.07) is 13.0. The van der Waals surface area contributed by atoms with Gasteiger partial charge in [0.15, 0.2) is 0 Å². The highest BCUT2D eigenvalue weighted by atomic mass is 79.9. The van der Waals surface area contributed by atoms with Crippen LogP contribution in [0.3, 0.4) is 0 Å². The van der Waals surface area contributed by atoms with Crippen molar-refractivity contribution >= 4 is 31.9 Å². The molecule has 2 atom stereocenters. The fraction of sp³-hybridized carbons (Fsp3) is 0.571. The molecule has 2 aromatic carbocycles. The molecule has 33 heavy (non-hydrogen) atoms. The van der Waals surface area contributed by atoms with Crippen molar-refractivity contribution in [3.63, 3.8) is 0 Å². The normalized spacial score (nSPS) is 19.3. The number of alkyl halides is 2. The van der Waals surface area contributed by atoms with Gasteiger partial charge >= 0.3 is 0 Å². The molecule has 0 saturated carbocycles. The van der Waals surface area contributed by atoms with E-state index < -0.39 is 12.6 Å². The SMILES string of the molecule is CC(C)(CCCBr)Cc1ccc2c(c1)C1Oc3ccc(CC(C)(C)CCCBr)cc3C(O2)O1. The molecule has 2 unspecified atom stereocenters. The van der Waals surface area contributed by atoms with Crippen molar-refractivity contribution in [2.24, 2.45) is 10.8 Å². The number of benzene rings is 2. The summed E-state index contributed by atoms with van der Waals surface area (Å²) in [6.45, 7) is 9.35. The molecule has 0 aromatic heterocycles. The Morgan fingerprint density at radius 2 is 1.12 bits per heavy atom. The topological polar surface area (TPSA) is 27.7 Å². The smallest absolute Gasteiger partial charge is 0.233 e. The average molecular weight is 580 g/mol. The third-order valence-electron chi connectivity index (χ3n) is 6.71. The molecule has 2 bridgehead atoms. The van der Waals surface area contributed by atoms with E-state index in [9.17, 15) is 0 Å². The monoisotopic (exact) mass is 578 g/mol. The summed E-state index contributed by atoms with van der Waals surface area (Å²) in [5.74, 6) is 1.74. The van der Waals surface area contributed by atoms with Gasteiger partial charge in [-0.3, -0.25) is 4.74 Å². The molecule has 4 rings (SSSR count). The quantitative estimate of drug-likeness (QED) is 0.263. The fourth-order valence-electron chi connectivity index (χ4n) is 5.04. The number of rotatable bonds is 10. The number of fused-ring (bicyclic) bond motifs is 6. The highest BCUT2D eigenvalue weighted by Crippen LogP contribution is 2.48. The zero-order chi connectivity index (χ0) is 23.6. The van der Waals surface area contributed by atoms with E-state index in [0.29, 0.717) is 0 Å². The molecule has 0 amide bonds. The Morgan fingerprint density at radius 1 is 0.697 bits per heavy atom. The zero-order valence-electron chi connectivity index (χ0n) is 20.3. The van der Waals surface area contributed by atoms with Gasteiger partial charge in [0.05, 0.1) is 11.1 Å². The van der Waals surface area contributed by atoms with Crippen LogP contribution >= 0.6 is 31.9 Å². The lowest BCUT2D eigenvalue weighted by atomic mass is 9.81. The predicted molar refractivity (Wildman–Crippen MR) is 142 cm³/mol. The van der Waals surface area contributed by atoms with Gasteiger partial charge in [0.1, 0.15) is 11.5 Å². The summed E-state index contributed by atoms with van der Waals surface area (Å²) in [4.78, 5) is 0. The minimum atomic E-state index is -0.418. The van der Waals surface area contributed by atoms with Crippen LogP contribution in [0.15, 0.2) is 36.4 Å². The van der Waals surface area contributed by atoms with Gasteiger partial charge in [-0.1, -0.05) is 71.7 Å². The van der Waals surface area contributed by atoms with Crippen molar-refractivity contribution < 1.29 is 14.2 Å². The van der Waals surface area contributed by atoms with Gasteiger partial charge < -0.3 is 9.47 Å². The molecule has 2 heterocycles. The molecule has 2 aliphatic rings. The maximum atomic E-state index is 6.31. The fourth-order valence-corrected chi connectivity index (χ4v) is 5.60. The summed E-state index contributed by atoms with van der Waals surface area (Å²) >= 11 is 7.11. The summed E-state index contributed by atoms with van der Waals surface area (Å²) in [7, 11) is 0. The molecule has 180 valence electrons. The number of ether oxygens (including phenoxy) is 3. The van der Waals surface area contributed by atoms with Crippen molar-refractivity contribution in [1.82, 2.24) is 0 Å². The van der Waals surface area contributed by atoms with Crippen molar-refractivity contribution in [2.75, 3.05) is 10.7 Å². The van der Waals surface area contributed by atoms with Crippen molar-refractivity contribution in [3.05, 3.63) is 58.7 Å². The highest BCUT2D eigenvalue weighted by Gasteiger charge is 2.38. The van der Waals surface area contributed by atoms with Crippen LogP contribution in [0.1, 0.15) is 88.2 Å². The third kappa shape index (κ3) is 6.15. The van der Waals surface area contributed by atoms with Crippen LogP contribution < -0.4 is 9.47 Å². The van der Waals surface area contributed by atoms with E-state index in [-0.39, 0.29) is 10.8 Å². The van der Waals surface area contributed by atoms with Crippen LogP contribution in [-0.2, 0) is 17.6 Å². The molecule has 5 heteroatoms. The lowest BCUT2D eigenvalue weighted by molar-refractivity contribution is -0.227. The van der Waals surface area contributed by atoms with Gasteiger partial charge in [-0.15, -0.1) is 0 Å². The molecular weight excluding hydrogens is 544 g/mol. The molecule has 2 aromatic rings. The maximum Gasteiger partial charge on any atom is 0.233 e. The number of hydrogen-bond acceptors (Lipinski definition) is 3. The van der Waals surface area contributed by atoms with Crippen LogP contribution in [0.4, 0.5) is 0 Å². The van der Waals surface area contributed by atoms with E-state index in [0.717, 1.165) is 46.1 Å². The molecule has 0 spiro atoms. The second-order valence-corrected chi connectivity index (χ2v) is 12.6. The van der Waals surface area contributed by atoms with E-state index in [1.54, 1.807) is 0 Å². The molecule has 0 saturated heterocycles. The van der Waals surface area contributed by atoms with Crippen molar-refractivity contribution in [2.45, 2.75) is 78.8 Å². The molecular formula is C28H36Br2O3. The Kier molecular flexibility index (Phi) is 7.82. The van der Waals surface area contributed by atoms with Crippen LogP contribution in [0.25, 0.3) is 0 Å². The zero-order valence-corrected chi connectivity index (χ0v) is 23.4. The van der Waals surface area contributed by atoms with Crippen LogP contribution in [0.5, 0.6) is 11.5 Å². The Morgan fingerprint density at radius 3 is 1.52 bits per heavy atom. The molecule has 0 aliphatic carbocycles. The lowest BCUT2D eigenvalue weighted by Crippen LogP contribution is -2.30. The Labute approximate surface area is 215 Å². The minimum absolute atomic E-state index is 0.250. The largest absolute Gasteiger partial charge is 0.460 e. The van der Waals surface area contributed by atoms with Crippen molar-refractivity contribution in [3.8, 4) is 11.5 Å². The van der Waals surface area contributed by atoms with E-state index >= 15 is 0 Å². The van der Waals surface area contributed by atoms with E-state index in [2.05, 4.69) is 96.0 Å². The van der Waals surface area contributed by atoms with Gasteiger partial charge in [0.2, 0.25) is 12.6 Å². The first kappa shape index (κ1) is 25.1. The summed E-state index contributed by atoms with van der Waals surface area (Å²) < 4.78 is 18.8. The van der Waals surface area contributed by atoms with Gasteiger partial charge in [0.25, 0.3) is 0 Å².